The van der Waals surface area contributed by atoms with E-state index in [1.54, 1.807) is 0 Å². The molecule has 0 spiro atoms. The topological polar surface area (TPSA) is 29.9 Å². The van der Waals surface area contributed by atoms with Crippen molar-refractivity contribution in [2.24, 2.45) is 0 Å². The maximum atomic E-state index is 5.97. The van der Waals surface area contributed by atoms with Crippen LogP contribution in [0.3, 0.4) is 0 Å². The van der Waals surface area contributed by atoms with Crippen LogP contribution in [0.4, 0.5) is 0 Å². The van der Waals surface area contributed by atoms with E-state index in [9.17, 15) is 0 Å². The van der Waals surface area contributed by atoms with E-state index in [4.69, 9.17) is 16.7 Å². The number of benzene rings is 2. The quantitative estimate of drug-likeness (QED) is 0.671. The first-order chi connectivity index (χ1) is 12.0. The number of hydrogen-bond donors (Lipinski definition) is 1. The van der Waals surface area contributed by atoms with Crippen molar-refractivity contribution in [1.82, 2.24) is 15.1 Å². The first-order valence-electron chi connectivity index (χ1n) is 8.60. The lowest BCUT2D eigenvalue weighted by Crippen LogP contribution is -2.19. The zero-order chi connectivity index (χ0) is 17.8. The molecule has 2 aromatic carbocycles. The van der Waals surface area contributed by atoms with Gasteiger partial charge in [-0.1, -0.05) is 54.1 Å². The summed E-state index contributed by atoms with van der Waals surface area (Å²) in [6.45, 7) is 8.00. The van der Waals surface area contributed by atoms with Gasteiger partial charge in [0.2, 0.25) is 0 Å². The molecule has 3 nitrogen and oxygen atoms in total. The second-order valence-electron chi connectivity index (χ2n) is 6.45. The van der Waals surface area contributed by atoms with Gasteiger partial charge in [0.25, 0.3) is 0 Å². The van der Waals surface area contributed by atoms with Gasteiger partial charge in [-0.3, -0.25) is 4.68 Å². The van der Waals surface area contributed by atoms with E-state index in [1.165, 1.54) is 22.4 Å². The zero-order valence-corrected chi connectivity index (χ0v) is 15.7. The summed E-state index contributed by atoms with van der Waals surface area (Å²) < 4.78 is 2.09. The fourth-order valence-corrected chi connectivity index (χ4v) is 3.15. The predicted molar refractivity (Wildman–Crippen MR) is 104 cm³/mol. The number of aryl methyl sites for hydroxylation is 1. The van der Waals surface area contributed by atoms with Gasteiger partial charge in [0, 0.05) is 28.9 Å². The van der Waals surface area contributed by atoms with E-state index in [-0.39, 0.29) is 6.04 Å². The largest absolute Gasteiger partial charge is 0.306 e. The monoisotopic (exact) mass is 353 g/mol. The van der Waals surface area contributed by atoms with Crippen LogP contribution in [0.2, 0.25) is 5.02 Å². The lowest BCUT2D eigenvalue weighted by Gasteiger charge is -2.15. The molecule has 0 saturated heterocycles. The highest BCUT2D eigenvalue weighted by Crippen LogP contribution is 2.19. The number of aromatic nitrogens is 2. The van der Waals surface area contributed by atoms with Crippen molar-refractivity contribution in [3.63, 3.8) is 0 Å². The molecule has 0 unspecified atom stereocenters. The fourth-order valence-electron chi connectivity index (χ4n) is 3.02. The molecule has 130 valence electrons. The molecule has 1 aromatic heterocycles. The lowest BCUT2D eigenvalue weighted by atomic mass is 10.1. The summed E-state index contributed by atoms with van der Waals surface area (Å²) in [5.41, 5.74) is 6.08. The molecule has 0 aliphatic heterocycles. The Morgan fingerprint density at radius 2 is 1.72 bits per heavy atom. The first-order valence-corrected chi connectivity index (χ1v) is 8.98. The van der Waals surface area contributed by atoms with Crippen LogP contribution in [-0.2, 0) is 13.1 Å². The standard InChI is InChI=1S/C21H24ClN3/c1-15(19-9-11-20(22)12-10-19)23-13-21-16(2)24-25(17(21)3)14-18-7-5-4-6-8-18/h4-12,15,23H,13-14H2,1-3H3/t15-/m1/s1. The van der Waals surface area contributed by atoms with E-state index < -0.39 is 0 Å². The molecule has 25 heavy (non-hydrogen) atoms. The van der Waals surface area contributed by atoms with Crippen molar-refractivity contribution in [2.75, 3.05) is 0 Å². The van der Waals surface area contributed by atoms with Crippen LogP contribution in [-0.4, -0.2) is 9.78 Å². The molecule has 4 heteroatoms. The van der Waals surface area contributed by atoms with Crippen LogP contribution in [0.5, 0.6) is 0 Å². The van der Waals surface area contributed by atoms with Crippen LogP contribution in [0.25, 0.3) is 0 Å². The summed E-state index contributed by atoms with van der Waals surface area (Å²) >= 11 is 5.97. The highest BCUT2D eigenvalue weighted by molar-refractivity contribution is 6.30. The van der Waals surface area contributed by atoms with Crippen LogP contribution in [0, 0.1) is 13.8 Å². The second-order valence-corrected chi connectivity index (χ2v) is 6.88. The lowest BCUT2D eigenvalue weighted by molar-refractivity contribution is 0.571. The Morgan fingerprint density at radius 1 is 1.04 bits per heavy atom. The Hall–Kier alpha value is -2.10. The Bertz CT molecular complexity index is 822. The normalized spacial score (nSPS) is 12.3. The fraction of sp³-hybridized carbons (Fsp3) is 0.286. The number of nitrogens with zero attached hydrogens (tertiary/aromatic N) is 2. The molecule has 1 atom stereocenters. The van der Waals surface area contributed by atoms with Gasteiger partial charge in [-0.05, 0) is 44.0 Å². The van der Waals surface area contributed by atoms with Crippen molar-refractivity contribution < 1.29 is 0 Å². The summed E-state index contributed by atoms with van der Waals surface area (Å²) in [5.74, 6) is 0. The average molecular weight is 354 g/mol. The van der Waals surface area contributed by atoms with Gasteiger partial charge >= 0.3 is 0 Å². The molecular weight excluding hydrogens is 330 g/mol. The minimum absolute atomic E-state index is 0.258. The maximum Gasteiger partial charge on any atom is 0.0662 e. The summed E-state index contributed by atoms with van der Waals surface area (Å²) in [6, 6.07) is 18.7. The van der Waals surface area contributed by atoms with Crippen LogP contribution >= 0.6 is 11.6 Å². The minimum atomic E-state index is 0.258. The molecular formula is C21H24ClN3. The molecule has 0 bridgehead atoms. The molecule has 3 aromatic rings. The van der Waals surface area contributed by atoms with Crippen molar-refractivity contribution >= 4 is 11.6 Å². The Kier molecular flexibility index (Phi) is 5.57. The van der Waals surface area contributed by atoms with Crippen molar-refractivity contribution in [3.05, 3.63) is 87.7 Å². The number of nitrogens with one attached hydrogen (secondary N) is 1. The first kappa shape index (κ1) is 17.7. The smallest absolute Gasteiger partial charge is 0.0662 e. The molecule has 0 saturated carbocycles. The van der Waals surface area contributed by atoms with Gasteiger partial charge < -0.3 is 5.32 Å². The van der Waals surface area contributed by atoms with Crippen LogP contribution < -0.4 is 5.32 Å². The van der Waals surface area contributed by atoms with Crippen LogP contribution in [0.1, 0.15) is 41.0 Å². The van der Waals surface area contributed by atoms with E-state index in [0.29, 0.717) is 0 Å². The molecule has 0 aliphatic carbocycles. The summed E-state index contributed by atoms with van der Waals surface area (Å²) in [5, 5.41) is 9.09. The van der Waals surface area contributed by atoms with E-state index >= 15 is 0 Å². The van der Waals surface area contributed by atoms with E-state index in [2.05, 4.69) is 67.2 Å². The highest BCUT2D eigenvalue weighted by atomic mass is 35.5. The van der Waals surface area contributed by atoms with Gasteiger partial charge in [0.1, 0.15) is 0 Å². The van der Waals surface area contributed by atoms with Gasteiger partial charge in [0.05, 0.1) is 12.2 Å². The highest BCUT2D eigenvalue weighted by Gasteiger charge is 2.13. The van der Waals surface area contributed by atoms with E-state index in [0.717, 1.165) is 23.8 Å². The van der Waals surface area contributed by atoms with Gasteiger partial charge in [-0.25, -0.2) is 0 Å². The molecule has 0 fully saturated rings. The molecule has 1 heterocycles. The molecule has 0 radical (unpaired) electrons. The van der Waals surface area contributed by atoms with Crippen molar-refractivity contribution in [2.45, 2.75) is 39.9 Å². The number of hydrogen-bond acceptors (Lipinski definition) is 2. The minimum Gasteiger partial charge on any atom is -0.306 e. The van der Waals surface area contributed by atoms with Gasteiger partial charge in [0.15, 0.2) is 0 Å². The molecule has 0 amide bonds. The van der Waals surface area contributed by atoms with Crippen LogP contribution in [0.15, 0.2) is 54.6 Å². The number of rotatable bonds is 6. The second kappa shape index (κ2) is 7.85. The third kappa shape index (κ3) is 4.30. The zero-order valence-electron chi connectivity index (χ0n) is 15.0. The Balaban J connectivity index is 1.69. The SMILES string of the molecule is Cc1nn(Cc2ccccc2)c(C)c1CN[C@H](C)c1ccc(Cl)cc1. The van der Waals surface area contributed by atoms with Gasteiger partial charge in [-0.2, -0.15) is 5.10 Å². The maximum absolute atomic E-state index is 5.97. The number of halogens is 1. The van der Waals surface area contributed by atoms with E-state index in [1.807, 2.05) is 18.2 Å². The molecule has 0 aliphatic rings. The third-order valence-corrected chi connectivity index (χ3v) is 4.91. The summed E-state index contributed by atoms with van der Waals surface area (Å²) in [7, 11) is 0. The van der Waals surface area contributed by atoms with Gasteiger partial charge in [-0.15, -0.1) is 0 Å². The van der Waals surface area contributed by atoms with Crippen molar-refractivity contribution in [1.29, 1.82) is 0 Å². The summed E-state index contributed by atoms with van der Waals surface area (Å²) in [4.78, 5) is 0. The Morgan fingerprint density at radius 3 is 2.40 bits per heavy atom. The van der Waals surface area contributed by atoms with Crippen molar-refractivity contribution in [3.8, 4) is 0 Å². The predicted octanol–water partition coefficient (Wildman–Crippen LogP) is 5.05. The Labute approximate surface area is 154 Å². The third-order valence-electron chi connectivity index (χ3n) is 4.66. The average Bonchev–Trinajstić information content (AvgIpc) is 2.88. The summed E-state index contributed by atoms with van der Waals surface area (Å²) in [6.07, 6.45) is 0. The molecule has 3 rings (SSSR count). The molecule has 1 N–H and O–H groups in total.